The number of allylic oxidation sites excluding steroid dienone is 1. The van der Waals surface area contributed by atoms with Crippen LogP contribution in [0.2, 0.25) is 0 Å². The molecule has 1 unspecified atom stereocenters. The molecule has 0 fully saturated rings. The Morgan fingerprint density at radius 3 is 2.06 bits per heavy atom. The zero-order valence-corrected chi connectivity index (χ0v) is 12.4. The third-order valence-corrected chi connectivity index (χ3v) is 3.42. The molecule has 0 saturated heterocycles. The molecule has 1 heteroatoms. The Balaban J connectivity index is 3.36. The van der Waals surface area contributed by atoms with E-state index in [0.717, 1.165) is 17.6 Å². The Kier molecular flexibility index (Phi) is 10.3. The lowest BCUT2D eigenvalue weighted by Gasteiger charge is -2.11. The number of thiol groups is 1. The zero-order valence-electron chi connectivity index (χ0n) is 11.5. The summed E-state index contributed by atoms with van der Waals surface area (Å²) in [6, 6.07) is 0. The lowest BCUT2D eigenvalue weighted by molar-refractivity contribution is 0.493. The molecule has 96 valence electrons. The maximum Gasteiger partial charge on any atom is -0.00954 e. The molecule has 0 radical (unpaired) electrons. The summed E-state index contributed by atoms with van der Waals surface area (Å²) >= 11 is 4.27. The molecule has 0 heterocycles. The van der Waals surface area contributed by atoms with E-state index in [4.69, 9.17) is 0 Å². The monoisotopic (exact) mass is 242 g/mol. The molecular weight excluding hydrogens is 212 g/mol. The zero-order chi connectivity index (χ0) is 12.4. The summed E-state index contributed by atoms with van der Waals surface area (Å²) in [4.78, 5) is 0. The van der Waals surface area contributed by atoms with E-state index in [-0.39, 0.29) is 0 Å². The van der Waals surface area contributed by atoms with Gasteiger partial charge in [0.1, 0.15) is 0 Å². The fraction of sp³-hybridized carbons (Fsp3) is 0.867. The number of rotatable bonds is 10. The highest BCUT2D eigenvalue weighted by Gasteiger charge is 2.02. The van der Waals surface area contributed by atoms with Gasteiger partial charge in [0.15, 0.2) is 0 Å². The Morgan fingerprint density at radius 2 is 1.56 bits per heavy atom. The van der Waals surface area contributed by atoms with E-state index >= 15 is 0 Å². The SMILES string of the molecule is C=C(CCCC(C)C)CCCC(C)CCS. The van der Waals surface area contributed by atoms with Crippen molar-refractivity contribution in [3.05, 3.63) is 12.2 Å². The largest absolute Gasteiger partial charge is 0.179 e. The molecule has 0 bridgehead atoms. The first-order valence-corrected chi connectivity index (χ1v) is 7.47. The van der Waals surface area contributed by atoms with Gasteiger partial charge in [-0.15, -0.1) is 0 Å². The van der Waals surface area contributed by atoms with Crippen molar-refractivity contribution in [2.75, 3.05) is 5.75 Å². The molecule has 0 aromatic heterocycles. The highest BCUT2D eigenvalue weighted by molar-refractivity contribution is 7.80. The van der Waals surface area contributed by atoms with Gasteiger partial charge in [-0.25, -0.2) is 0 Å². The molecule has 0 aliphatic heterocycles. The molecule has 0 spiro atoms. The second kappa shape index (κ2) is 10.3. The normalized spacial score (nSPS) is 13.1. The maximum atomic E-state index is 4.27. The quantitative estimate of drug-likeness (QED) is 0.380. The molecule has 0 saturated carbocycles. The molecule has 0 aromatic rings. The van der Waals surface area contributed by atoms with Gasteiger partial charge in [0.25, 0.3) is 0 Å². The van der Waals surface area contributed by atoms with Crippen LogP contribution in [0.3, 0.4) is 0 Å². The minimum absolute atomic E-state index is 0.834. The van der Waals surface area contributed by atoms with Crippen LogP contribution in [0.5, 0.6) is 0 Å². The molecule has 0 aliphatic carbocycles. The lowest BCUT2D eigenvalue weighted by Crippen LogP contribution is -1.96. The third-order valence-electron chi connectivity index (χ3n) is 3.16. The highest BCUT2D eigenvalue weighted by Crippen LogP contribution is 2.18. The average molecular weight is 242 g/mol. The van der Waals surface area contributed by atoms with Crippen molar-refractivity contribution in [2.24, 2.45) is 11.8 Å². The van der Waals surface area contributed by atoms with E-state index in [0.29, 0.717) is 0 Å². The van der Waals surface area contributed by atoms with E-state index in [2.05, 4.69) is 40.0 Å². The second-order valence-electron chi connectivity index (χ2n) is 5.55. The predicted octanol–water partition coefficient (Wildman–Crippen LogP) is 5.50. The van der Waals surface area contributed by atoms with Crippen molar-refractivity contribution in [1.29, 1.82) is 0 Å². The molecule has 16 heavy (non-hydrogen) atoms. The summed E-state index contributed by atoms with van der Waals surface area (Å²) in [5.74, 6) is 2.69. The van der Waals surface area contributed by atoms with E-state index in [1.165, 1.54) is 50.5 Å². The van der Waals surface area contributed by atoms with Crippen LogP contribution >= 0.6 is 12.6 Å². The third kappa shape index (κ3) is 10.6. The van der Waals surface area contributed by atoms with E-state index < -0.39 is 0 Å². The van der Waals surface area contributed by atoms with Crippen LogP contribution in [0.1, 0.15) is 65.7 Å². The van der Waals surface area contributed by atoms with Gasteiger partial charge in [-0.2, -0.15) is 12.6 Å². The maximum absolute atomic E-state index is 4.27. The number of hydrogen-bond acceptors (Lipinski definition) is 1. The van der Waals surface area contributed by atoms with Crippen molar-refractivity contribution < 1.29 is 0 Å². The van der Waals surface area contributed by atoms with Crippen LogP contribution in [-0.2, 0) is 0 Å². The fourth-order valence-electron chi connectivity index (χ4n) is 1.95. The Bertz CT molecular complexity index is 172. The summed E-state index contributed by atoms with van der Waals surface area (Å²) in [7, 11) is 0. The van der Waals surface area contributed by atoms with Crippen LogP contribution in [0.25, 0.3) is 0 Å². The summed E-state index contributed by atoms with van der Waals surface area (Å²) in [6.45, 7) is 11.1. The van der Waals surface area contributed by atoms with Crippen LogP contribution in [-0.4, -0.2) is 5.75 Å². The van der Waals surface area contributed by atoms with Gasteiger partial charge in [-0.1, -0.05) is 45.8 Å². The van der Waals surface area contributed by atoms with Crippen molar-refractivity contribution in [3.8, 4) is 0 Å². The highest BCUT2D eigenvalue weighted by atomic mass is 32.1. The number of hydrogen-bond donors (Lipinski definition) is 1. The average Bonchev–Trinajstić information content (AvgIpc) is 2.17. The molecule has 0 aromatic carbocycles. The minimum Gasteiger partial charge on any atom is -0.179 e. The molecule has 0 rings (SSSR count). The van der Waals surface area contributed by atoms with Crippen LogP contribution in [0.4, 0.5) is 0 Å². The van der Waals surface area contributed by atoms with Crippen LogP contribution < -0.4 is 0 Å². The van der Waals surface area contributed by atoms with Gasteiger partial charge in [0.2, 0.25) is 0 Å². The van der Waals surface area contributed by atoms with Crippen molar-refractivity contribution in [1.82, 2.24) is 0 Å². The summed E-state index contributed by atoms with van der Waals surface area (Å²) in [6.07, 6.45) is 9.04. The standard InChI is InChI=1S/C15H30S/c1-13(2)7-5-8-14(3)9-6-10-15(4)11-12-16/h13,15-16H,3,5-12H2,1-2,4H3. The molecule has 1 atom stereocenters. The van der Waals surface area contributed by atoms with Gasteiger partial charge in [0.05, 0.1) is 0 Å². The topological polar surface area (TPSA) is 0 Å². The van der Waals surface area contributed by atoms with Gasteiger partial charge < -0.3 is 0 Å². The second-order valence-corrected chi connectivity index (χ2v) is 5.99. The molecule has 0 N–H and O–H groups in total. The lowest BCUT2D eigenvalue weighted by atomic mass is 9.96. The van der Waals surface area contributed by atoms with Crippen molar-refractivity contribution in [3.63, 3.8) is 0 Å². The van der Waals surface area contributed by atoms with Gasteiger partial charge in [-0.05, 0) is 49.7 Å². The van der Waals surface area contributed by atoms with Gasteiger partial charge in [0, 0.05) is 0 Å². The molecule has 0 aliphatic rings. The minimum atomic E-state index is 0.834. The van der Waals surface area contributed by atoms with E-state index in [1.807, 2.05) is 0 Å². The first-order chi connectivity index (χ1) is 7.56. The van der Waals surface area contributed by atoms with Gasteiger partial charge >= 0.3 is 0 Å². The first-order valence-electron chi connectivity index (χ1n) is 6.83. The van der Waals surface area contributed by atoms with E-state index in [9.17, 15) is 0 Å². The van der Waals surface area contributed by atoms with Crippen molar-refractivity contribution in [2.45, 2.75) is 65.7 Å². The van der Waals surface area contributed by atoms with Crippen LogP contribution in [0, 0.1) is 11.8 Å². The molecular formula is C15H30S. The Morgan fingerprint density at radius 1 is 1.00 bits per heavy atom. The van der Waals surface area contributed by atoms with Crippen molar-refractivity contribution >= 4 is 12.6 Å². The molecule has 0 nitrogen and oxygen atoms in total. The summed E-state index contributed by atoms with van der Waals surface area (Å²) in [5, 5.41) is 0. The summed E-state index contributed by atoms with van der Waals surface area (Å²) < 4.78 is 0. The van der Waals surface area contributed by atoms with E-state index in [1.54, 1.807) is 0 Å². The fourth-order valence-corrected chi connectivity index (χ4v) is 2.39. The summed E-state index contributed by atoms with van der Waals surface area (Å²) in [5.41, 5.74) is 1.46. The smallest absolute Gasteiger partial charge is 0.00954 e. The molecule has 0 amide bonds. The predicted molar refractivity (Wildman–Crippen MR) is 79.3 cm³/mol. The van der Waals surface area contributed by atoms with Crippen LogP contribution in [0.15, 0.2) is 12.2 Å². The van der Waals surface area contributed by atoms with Gasteiger partial charge in [-0.3, -0.25) is 0 Å². The Hall–Kier alpha value is 0.0900. The first kappa shape index (κ1) is 16.1. The Labute approximate surface area is 108 Å².